The zero-order chi connectivity index (χ0) is 23.3. The molecule has 176 valence electrons. The summed E-state index contributed by atoms with van der Waals surface area (Å²) in [5, 5.41) is 10.5. The number of piperidine rings is 1. The first-order valence-electron chi connectivity index (χ1n) is 10.7. The number of amides is 1. The summed E-state index contributed by atoms with van der Waals surface area (Å²) in [5.41, 5.74) is 2.42. The van der Waals surface area contributed by atoms with E-state index in [1.807, 2.05) is 4.90 Å². The van der Waals surface area contributed by atoms with Crippen LogP contribution in [0.25, 0.3) is 0 Å². The topological polar surface area (TPSA) is 87.5 Å². The fourth-order valence-electron chi connectivity index (χ4n) is 4.26. The molecule has 1 fully saturated rings. The van der Waals surface area contributed by atoms with Gasteiger partial charge < -0.3 is 19.9 Å². The van der Waals surface area contributed by atoms with E-state index in [1.54, 1.807) is 0 Å². The predicted octanol–water partition coefficient (Wildman–Crippen LogP) is 3.09. The van der Waals surface area contributed by atoms with Gasteiger partial charge in [0.15, 0.2) is 0 Å². The van der Waals surface area contributed by atoms with Crippen molar-refractivity contribution in [3.05, 3.63) is 17.2 Å². The van der Waals surface area contributed by atoms with Crippen LogP contribution in [0.15, 0.2) is 0 Å². The van der Waals surface area contributed by atoms with Gasteiger partial charge >= 0.3 is 12.1 Å². The van der Waals surface area contributed by atoms with E-state index in [0.29, 0.717) is 36.6 Å². The van der Waals surface area contributed by atoms with Crippen molar-refractivity contribution in [1.29, 1.82) is 0 Å². The van der Waals surface area contributed by atoms with Crippen molar-refractivity contribution in [2.45, 2.75) is 65.1 Å². The largest absolute Gasteiger partial charge is 0.490 e. The van der Waals surface area contributed by atoms with E-state index < -0.39 is 12.1 Å². The lowest BCUT2D eigenvalue weighted by Crippen LogP contribution is -2.38. The van der Waals surface area contributed by atoms with Gasteiger partial charge in [-0.15, -0.1) is 0 Å². The molecule has 0 spiro atoms. The van der Waals surface area contributed by atoms with Gasteiger partial charge in [-0.1, -0.05) is 20.8 Å². The zero-order valence-corrected chi connectivity index (χ0v) is 18.6. The number of carbonyl (C=O) groups is 2. The minimum absolute atomic E-state index is 0.309. The van der Waals surface area contributed by atoms with Gasteiger partial charge in [0.05, 0.1) is 12.2 Å². The molecule has 0 radical (unpaired) electrons. The van der Waals surface area contributed by atoms with Crippen LogP contribution in [0.3, 0.4) is 0 Å². The molecule has 0 bridgehead atoms. The Labute approximate surface area is 181 Å². The summed E-state index contributed by atoms with van der Waals surface area (Å²) in [6.07, 6.45) is -1.06. The molecule has 10 heteroatoms. The molecule has 1 saturated heterocycles. The standard InChI is InChI=1S/C19H32N4O.C2HF3O2/c1-13(2)19-21-16-12-23(10-7-17(16)22(19)4)18(24)11-14(3)15-5-8-20-9-6-15;3-2(4,5)1(6)7/h13-15,20H,5-12H2,1-4H3;(H,6,7). The molecular weight excluding hydrogens is 413 g/mol. The van der Waals surface area contributed by atoms with Crippen LogP contribution in [0.4, 0.5) is 13.2 Å². The number of aromatic nitrogens is 2. The second-order valence-electron chi connectivity index (χ2n) is 8.71. The van der Waals surface area contributed by atoms with Crippen LogP contribution in [-0.4, -0.2) is 57.2 Å². The number of imidazole rings is 1. The van der Waals surface area contributed by atoms with Crippen LogP contribution in [-0.2, 0) is 29.6 Å². The van der Waals surface area contributed by atoms with Gasteiger partial charge in [-0.2, -0.15) is 13.2 Å². The second kappa shape index (κ2) is 10.5. The summed E-state index contributed by atoms with van der Waals surface area (Å²) >= 11 is 0. The highest BCUT2D eigenvalue weighted by Gasteiger charge is 2.38. The molecule has 0 aromatic carbocycles. The number of rotatable bonds is 4. The number of nitrogens with zero attached hydrogens (tertiary/aromatic N) is 3. The summed E-state index contributed by atoms with van der Waals surface area (Å²) in [6.45, 7) is 10.3. The molecule has 1 aromatic heterocycles. The molecule has 7 nitrogen and oxygen atoms in total. The highest BCUT2D eigenvalue weighted by molar-refractivity contribution is 5.76. The molecule has 0 aliphatic carbocycles. The third-order valence-corrected chi connectivity index (χ3v) is 6.09. The summed E-state index contributed by atoms with van der Waals surface area (Å²) in [7, 11) is 2.11. The van der Waals surface area contributed by atoms with Crippen LogP contribution in [0.5, 0.6) is 0 Å². The number of carboxylic acids is 1. The number of hydrogen-bond acceptors (Lipinski definition) is 4. The number of aliphatic carboxylic acids is 1. The van der Waals surface area contributed by atoms with Crippen molar-refractivity contribution in [2.24, 2.45) is 18.9 Å². The lowest BCUT2D eigenvalue weighted by Gasteiger charge is -2.31. The van der Waals surface area contributed by atoms with Gasteiger partial charge in [0.2, 0.25) is 5.91 Å². The fraction of sp³-hybridized carbons (Fsp3) is 0.762. The van der Waals surface area contributed by atoms with Crippen LogP contribution >= 0.6 is 0 Å². The number of hydrogen-bond donors (Lipinski definition) is 2. The SMILES string of the molecule is CC(C)c1nc2c(n1C)CCN(C(=O)CC(C)C1CCNCC1)C2.O=C(O)C(F)(F)F. The maximum absolute atomic E-state index is 12.8. The Morgan fingerprint density at radius 1 is 1.23 bits per heavy atom. The molecule has 31 heavy (non-hydrogen) atoms. The minimum Gasteiger partial charge on any atom is -0.475 e. The van der Waals surface area contributed by atoms with Crippen LogP contribution in [0.2, 0.25) is 0 Å². The van der Waals surface area contributed by atoms with Crippen molar-refractivity contribution in [3.63, 3.8) is 0 Å². The maximum Gasteiger partial charge on any atom is 0.490 e. The normalized spacial score (nSPS) is 18.3. The van der Waals surface area contributed by atoms with Crippen LogP contribution in [0.1, 0.15) is 63.2 Å². The van der Waals surface area contributed by atoms with E-state index in [-0.39, 0.29) is 0 Å². The van der Waals surface area contributed by atoms with Crippen molar-refractivity contribution in [2.75, 3.05) is 19.6 Å². The Bertz CT molecular complexity index is 771. The van der Waals surface area contributed by atoms with Gasteiger partial charge in [-0.05, 0) is 37.8 Å². The van der Waals surface area contributed by atoms with E-state index in [2.05, 4.69) is 37.7 Å². The number of halogens is 3. The molecule has 1 aromatic rings. The first kappa shape index (κ1) is 25.2. The average Bonchev–Trinajstić information content (AvgIpc) is 3.04. The summed E-state index contributed by atoms with van der Waals surface area (Å²) in [5.74, 6) is 0.284. The van der Waals surface area contributed by atoms with Gasteiger partial charge in [0, 0.05) is 38.0 Å². The minimum atomic E-state index is -5.08. The number of alkyl halides is 3. The van der Waals surface area contributed by atoms with E-state index in [4.69, 9.17) is 14.9 Å². The van der Waals surface area contributed by atoms with Crippen LogP contribution in [0, 0.1) is 11.8 Å². The molecule has 3 heterocycles. The first-order chi connectivity index (χ1) is 14.4. The summed E-state index contributed by atoms with van der Waals surface area (Å²) in [4.78, 5) is 28.5. The second-order valence-corrected chi connectivity index (χ2v) is 8.71. The van der Waals surface area contributed by atoms with Gasteiger partial charge in [-0.25, -0.2) is 9.78 Å². The Hall–Kier alpha value is -2.10. The van der Waals surface area contributed by atoms with E-state index in [9.17, 15) is 18.0 Å². The highest BCUT2D eigenvalue weighted by atomic mass is 19.4. The molecule has 2 aliphatic heterocycles. The van der Waals surface area contributed by atoms with Crippen molar-refractivity contribution in [1.82, 2.24) is 19.8 Å². The maximum atomic E-state index is 12.8. The van der Waals surface area contributed by atoms with E-state index in [0.717, 1.165) is 37.6 Å². The molecule has 1 amide bonds. The molecule has 2 N–H and O–H groups in total. The molecule has 1 unspecified atom stereocenters. The Morgan fingerprint density at radius 3 is 2.32 bits per heavy atom. The number of fused-ring (bicyclic) bond motifs is 1. The van der Waals surface area contributed by atoms with Crippen molar-refractivity contribution in [3.8, 4) is 0 Å². The Kier molecular flexibility index (Phi) is 8.50. The Balaban J connectivity index is 0.000000423. The molecule has 1 atom stereocenters. The molecular formula is C21H33F3N4O3. The van der Waals surface area contributed by atoms with Crippen molar-refractivity contribution >= 4 is 11.9 Å². The van der Waals surface area contributed by atoms with Gasteiger partial charge in [0.1, 0.15) is 5.82 Å². The number of nitrogens with one attached hydrogen (secondary N) is 1. The Morgan fingerprint density at radius 2 is 1.81 bits per heavy atom. The predicted molar refractivity (Wildman–Crippen MR) is 109 cm³/mol. The summed E-state index contributed by atoms with van der Waals surface area (Å²) in [6, 6.07) is 0. The fourth-order valence-corrected chi connectivity index (χ4v) is 4.26. The van der Waals surface area contributed by atoms with E-state index >= 15 is 0 Å². The van der Waals surface area contributed by atoms with Gasteiger partial charge in [0.25, 0.3) is 0 Å². The number of carbonyl (C=O) groups excluding carboxylic acids is 1. The monoisotopic (exact) mass is 446 g/mol. The third-order valence-electron chi connectivity index (χ3n) is 6.09. The molecule has 2 aliphatic rings. The van der Waals surface area contributed by atoms with Gasteiger partial charge in [-0.3, -0.25) is 4.79 Å². The van der Waals surface area contributed by atoms with Crippen LogP contribution < -0.4 is 5.32 Å². The molecule has 0 saturated carbocycles. The lowest BCUT2D eigenvalue weighted by atomic mass is 9.84. The first-order valence-corrected chi connectivity index (χ1v) is 10.7. The highest BCUT2D eigenvalue weighted by Crippen LogP contribution is 2.27. The number of carboxylic acid groups (broad SMARTS) is 1. The lowest BCUT2D eigenvalue weighted by molar-refractivity contribution is -0.192. The zero-order valence-electron chi connectivity index (χ0n) is 18.6. The smallest absolute Gasteiger partial charge is 0.475 e. The summed E-state index contributed by atoms with van der Waals surface area (Å²) < 4.78 is 34.0. The van der Waals surface area contributed by atoms with E-state index in [1.165, 1.54) is 18.5 Å². The average molecular weight is 447 g/mol. The molecule has 3 rings (SSSR count). The quantitative estimate of drug-likeness (QED) is 0.742. The third kappa shape index (κ3) is 6.69. The van der Waals surface area contributed by atoms with Crippen molar-refractivity contribution < 1.29 is 27.9 Å².